The first-order valence-electron chi connectivity index (χ1n) is 14.8. The summed E-state index contributed by atoms with van der Waals surface area (Å²) in [6.45, 7) is 15.5. The van der Waals surface area contributed by atoms with Gasteiger partial charge in [0.2, 0.25) is 5.91 Å². The van der Waals surface area contributed by atoms with Crippen molar-refractivity contribution in [3.05, 3.63) is 11.6 Å². The Labute approximate surface area is 231 Å². The fourth-order valence-electron chi connectivity index (χ4n) is 10.6. The number of hydrogen-bond acceptors (Lipinski definition) is 4. The average Bonchev–Trinajstić information content (AvgIpc) is 2.82. The number of amides is 1. The Balaban J connectivity index is 1.53. The van der Waals surface area contributed by atoms with Crippen LogP contribution in [0.1, 0.15) is 106 Å². The third kappa shape index (κ3) is 4.00. The van der Waals surface area contributed by atoms with E-state index in [2.05, 4.69) is 46.4 Å². The minimum atomic E-state index is -4.94. The van der Waals surface area contributed by atoms with Crippen LogP contribution in [-0.4, -0.2) is 24.1 Å². The lowest BCUT2D eigenvalue weighted by Gasteiger charge is -2.70. The van der Waals surface area contributed by atoms with Gasteiger partial charge in [-0.25, -0.2) is 5.48 Å². The van der Waals surface area contributed by atoms with Crippen LogP contribution in [-0.2, 0) is 14.4 Å². The van der Waals surface area contributed by atoms with E-state index in [1.54, 1.807) is 12.4 Å². The Morgan fingerprint density at radius 3 is 2.26 bits per heavy atom. The van der Waals surface area contributed by atoms with E-state index in [1.807, 2.05) is 6.08 Å². The molecule has 0 saturated heterocycles. The quantitative estimate of drug-likeness (QED) is 0.367. The van der Waals surface area contributed by atoms with Crippen LogP contribution in [0.4, 0.5) is 13.2 Å². The van der Waals surface area contributed by atoms with Gasteiger partial charge in [-0.05, 0) is 103 Å². The highest BCUT2D eigenvalue weighted by Crippen LogP contribution is 2.75. The number of nitrogens with one attached hydrogen (secondary N) is 1. The second-order valence-corrected chi connectivity index (χ2v) is 15.7. The molecule has 0 aliphatic heterocycles. The van der Waals surface area contributed by atoms with Crippen molar-refractivity contribution in [2.24, 2.45) is 56.0 Å². The number of carbonyl (C=O) groups is 2. The molecule has 0 heterocycles. The number of carbonyl (C=O) groups excluding carboxylic acids is 2. The van der Waals surface area contributed by atoms with Crippen molar-refractivity contribution in [3.8, 4) is 0 Å². The van der Waals surface area contributed by atoms with Gasteiger partial charge in [-0.15, -0.1) is 13.2 Å². The number of alkyl halides is 3. The van der Waals surface area contributed by atoms with Crippen LogP contribution >= 0.6 is 0 Å². The van der Waals surface area contributed by atoms with E-state index >= 15 is 0 Å². The van der Waals surface area contributed by atoms with Crippen molar-refractivity contribution in [2.75, 3.05) is 0 Å². The minimum Gasteiger partial charge on any atom is -0.327 e. The molecule has 220 valence electrons. The van der Waals surface area contributed by atoms with Gasteiger partial charge < -0.3 is 5.73 Å². The first kappa shape index (κ1) is 29.1. The zero-order valence-corrected chi connectivity index (χ0v) is 24.7. The van der Waals surface area contributed by atoms with Gasteiger partial charge in [-0.3, -0.25) is 9.59 Å². The molecule has 5 aliphatic carbocycles. The fourth-order valence-corrected chi connectivity index (χ4v) is 10.6. The summed E-state index contributed by atoms with van der Waals surface area (Å²) in [6.07, 6.45) is 4.44. The number of allylic oxidation sites excluding steroid dienone is 2. The summed E-state index contributed by atoms with van der Waals surface area (Å²) in [6, 6.07) is 0.128. The van der Waals surface area contributed by atoms with Crippen molar-refractivity contribution < 1.29 is 27.6 Å². The first-order valence-corrected chi connectivity index (χ1v) is 14.8. The maximum atomic E-state index is 14.3. The van der Waals surface area contributed by atoms with Gasteiger partial charge in [-0.1, -0.05) is 54.0 Å². The molecular formula is C31H47F3N2O3. The molecule has 0 bridgehead atoms. The molecule has 0 aromatic rings. The van der Waals surface area contributed by atoms with Crippen molar-refractivity contribution in [3.63, 3.8) is 0 Å². The highest BCUT2D eigenvalue weighted by Gasteiger charge is 2.70. The lowest BCUT2D eigenvalue weighted by Crippen LogP contribution is -2.67. The van der Waals surface area contributed by atoms with Crippen molar-refractivity contribution >= 4 is 11.7 Å². The number of halogens is 3. The monoisotopic (exact) mass is 552 g/mol. The second-order valence-electron chi connectivity index (χ2n) is 15.7. The number of hydroxylamine groups is 1. The van der Waals surface area contributed by atoms with Gasteiger partial charge in [0, 0.05) is 17.4 Å². The lowest BCUT2D eigenvalue weighted by atomic mass is 9.33. The van der Waals surface area contributed by atoms with E-state index in [0.717, 1.165) is 50.5 Å². The molecule has 0 radical (unpaired) electrons. The van der Waals surface area contributed by atoms with E-state index in [1.165, 1.54) is 0 Å². The van der Waals surface area contributed by atoms with Crippen LogP contribution in [0.25, 0.3) is 0 Å². The van der Waals surface area contributed by atoms with E-state index < -0.39 is 17.7 Å². The SMILES string of the molecule is CC1(C)C2CC[C@]3(C)[C@H](C(=O)C=C4[C@@H]5C[C@@](C)(C(=O)NOC(F)(F)F)CC[C@]5(C)CC[C@]43C)[C@@]2(C)CC[C@@H]1N. The van der Waals surface area contributed by atoms with E-state index in [4.69, 9.17) is 5.73 Å². The molecule has 1 unspecified atom stereocenters. The van der Waals surface area contributed by atoms with Crippen molar-refractivity contribution in [1.82, 2.24) is 5.48 Å². The third-order valence-corrected chi connectivity index (χ3v) is 13.5. The maximum Gasteiger partial charge on any atom is 0.543 e. The molecule has 39 heavy (non-hydrogen) atoms. The zero-order valence-electron chi connectivity index (χ0n) is 24.7. The summed E-state index contributed by atoms with van der Waals surface area (Å²) in [5.74, 6) is -0.305. The van der Waals surface area contributed by atoms with Gasteiger partial charge in [-0.2, -0.15) is 4.84 Å². The predicted molar refractivity (Wildman–Crippen MR) is 143 cm³/mol. The van der Waals surface area contributed by atoms with Crippen LogP contribution in [0.3, 0.4) is 0 Å². The summed E-state index contributed by atoms with van der Waals surface area (Å²) in [5, 5.41) is 0. The van der Waals surface area contributed by atoms with Gasteiger partial charge in [0.05, 0.1) is 0 Å². The molecule has 8 heteroatoms. The summed E-state index contributed by atoms with van der Waals surface area (Å²) in [4.78, 5) is 31.0. The van der Waals surface area contributed by atoms with Crippen LogP contribution in [0.2, 0.25) is 0 Å². The molecule has 0 aromatic heterocycles. The smallest absolute Gasteiger partial charge is 0.327 e. The van der Waals surface area contributed by atoms with E-state index in [-0.39, 0.29) is 50.7 Å². The zero-order chi connectivity index (χ0) is 29.0. The summed E-state index contributed by atoms with van der Waals surface area (Å²) < 4.78 is 38.0. The van der Waals surface area contributed by atoms with Crippen LogP contribution in [0.15, 0.2) is 11.6 Å². The molecule has 1 amide bonds. The Morgan fingerprint density at radius 2 is 1.62 bits per heavy atom. The maximum absolute atomic E-state index is 14.3. The molecule has 0 aromatic carbocycles. The summed E-state index contributed by atoms with van der Waals surface area (Å²) >= 11 is 0. The molecule has 3 N–H and O–H groups in total. The number of hydrogen-bond donors (Lipinski definition) is 2. The number of rotatable bonds is 2. The molecule has 5 rings (SSSR count). The van der Waals surface area contributed by atoms with E-state index in [9.17, 15) is 22.8 Å². The molecular weight excluding hydrogens is 505 g/mol. The molecule has 4 fully saturated rings. The predicted octanol–water partition coefficient (Wildman–Crippen LogP) is 6.86. The third-order valence-electron chi connectivity index (χ3n) is 13.5. The number of fused-ring (bicyclic) bond motifs is 7. The number of ketones is 1. The van der Waals surface area contributed by atoms with Crippen LogP contribution < -0.4 is 11.2 Å². The van der Waals surface area contributed by atoms with Gasteiger partial charge >= 0.3 is 6.36 Å². The molecule has 5 nitrogen and oxygen atoms in total. The Hall–Kier alpha value is -1.41. The average molecular weight is 553 g/mol. The van der Waals surface area contributed by atoms with Crippen molar-refractivity contribution in [2.45, 2.75) is 119 Å². The molecule has 4 saturated carbocycles. The topological polar surface area (TPSA) is 81.4 Å². The minimum absolute atomic E-state index is 0.0400. The Kier molecular flexibility index (Phi) is 6.38. The lowest BCUT2D eigenvalue weighted by molar-refractivity contribution is -0.347. The standard InChI is InChI=1S/C31H47F3N2O3/c1-25(2)21-8-11-30(7)23(28(21,5)10-9-22(25)35)20(37)16-18-19-17-27(4,24(38)36-39-31(32,33)34)13-12-26(19,3)14-15-29(18,30)6/h16,19,21-23H,8-15,17,35H2,1-7H3,(H,36,38)/t19-,21?,22-,23+,26+,27-,28-,29+,30+/m0/s1. The Bertz CT molecular complexity index is 1100. The first-order chi connectivity index (χ1) is 17.7. The normalized spacial score (nSPS) is 49.1. The molecule has 9 atom stereocenters. The fraction of sp³-hybridized carbons (Fsp3) is 0.871. The van der Waals surface area contributed by atoms with Crippen LogP contribution in [0, 0.1) is 50.2 Å². The van der Waals surface area contributed by atoms with Gasteiger partial charge in [0.25, 0.3) is 0 Å². The highest BCUT2D eigenvalue weighted by molar-refractivity contribution is 5.95. The van der Waals surface area contributed by atoms with E-state index in [0.29, 0.717) is 18.8 Å². The van der Waals surface area contributed by atoms with Gasteiger partial charge in [0.1, 0.15) is 0 Å². The molecule has 0 spiro atoms. The second kappa shape index (κ2) is 8.56. The highest BCUT2D eigenvalue weighted by atomic mass is 19.4. The van der Waals surface area contributed by atoms with Crippen molar-refractivity contribution in [1.29, 1.82) is 0 Å². The largest absolute Gasteiger partial charge is 0.543 e. The molecule has 5 aliphatic rings. The Morgan fingerprint density at radius 1 is 0.974 bits per heavy atom. The number of nitrogens with two attached hydrogens (primary N) is 1. The summed E-state index contributed by atoms with van der Waals surface area (Å²) in [5.41, 5.74) is 7.70. The van der Waals surface area contributed by atoms with Gasteiger partial charge in [0.15, 0.2) is 5.78 Å². The summed E-state index contributed by atoms with van der Waals surface area (Å²) in [7, 11) is 0. The van der Waals surface area contributed by atoms with Crippen LogP contribution in [0.5, 0.6) is 0 Å².